The Labute approximate surface area is 208 Å². The van der Waals surface area contributed by atoms with Gasteiger partial charge in [0.1, 0.15) is 5.82 Å². The van der Waals surface area contributed by atoms with E-state index in [2.05, 4.69) is 16.3 Å². The van der Waals surface area contributed by atoms with Gasteiger partial charge < -0.3 is 20.1 Å². The molecule has 2 fully saturated rings. The van der Waals surface area contributed by atoms with Crippen molar-refractivity contribution in [1.82, 2.24) is 4.90 Å². The fourth-order valence-electron chi connectivity index (χ4n) is 5.47. The Hall–Kier alpha value is -2.48. The van der Waals surface area contributed by atoms with Gasteiger partial charge in [-0.25, -0.2) is 4.39 Å². The summed E-state index contributed by atoms with van der Waals surface area (Å²) in [5, 5.41) is 13.0. The van der Waals surface area contributed by atoms with Crippen molar-refractivity contribution in [2.75, 3.05) is 43.5 Å². The molecule has 2 aromatic carbocycles. The van der Waals surface area contributed by atoms with Gasteiger partial charge in [0.25, 0.3) is 0 Å². The van der Waals surface area contributed by atoms with Crippen molar-refractivity contribution in [3.8, 4) is 0 Å². The molecule has 2 heterocycles. The number of benzene rings is 2. The number of aliphatic hydroxyl groups excluding tert-OH is 1. The maximum atomic E-state index is 14.4. The lowest BCUT2D eigenvalue weighted by Crippen LogP contribution is -2.46. The van der Waals surface area contributed by atoms with Crippen LogP contribution in [0.2, 0.25) is 0 Å². The Morgan fingerprint density at radius 1 is 1.17 bits per heavy atom. The zero-order valence-corrected chi connectivity index (χ0v) is 21.3. The third-order valence-corrected chi connectivity index (χ3v) is 8.07. The van der Waals surface area contributed by atoms with E-state index in [-0.39, 0.29) is 23.1 Å². The van der Waals surface area contributed by atoms with Gasteiger partial charge in [0, 0.05) is 50.6 Å². The monoisotopic (exact) mass is 483 g/mol. The number of aliphatic hydroxyl groups is 1. The Morgan fingerprint density at radius 3 is 2.60 bits per heavy atom. The number of hydrogen-bond donors (Lipinski definition) is 2. The molecule has 0 saturated carbocycles. The van der Waals surface area contributed by atoms with Crippen LogP contribution in [0.5, 0.6) is 0 Å². The lowest BCUT2D eigenvalue weighted by atomic mass is 9.78. The van der Waals surface area contributed by atoms with E-state index < -0.39 is 6.41 Å². The van der Waals surface area contributed by atoms with E-state index in [0.717, 1.165) is 67.9 Å². The zero-order chi connectivity index (χ0) is 25.2. The second kappa shape index (κ2) is 10.6. The number of hydrogen-bond acceptors (Lipinski definition) is 5. The summed E-state index contributed by atoms with van der Waals surface area (Å²) in [4.78, 5) is 17.3. The quantitative estimate of drug-likeness (QED) is 0.569. The molecule has 4 rings (SSSR count). The molecule has 2 saturated heterocycles. The summed E-state index contributed by atoms with van der Waals surface area (Å²) in [5.74, 6) is -0.707. The number of amides is 1. The van der Waals surface area contributed by atoms with E-state index in [1.807, 2.05) is 43.9 Å². The average Bonchev–Trinajstić information content (AvgIpc) is 3.27. The van der Waals surface area contributed by atoms with E-state index >= 15 is 0 Å². The van der Waals surface area contributed by atoms with Gasteiger partial charge in [0.05, 0.1) is 0 Å². The molecule has 1 spiro atoms. The first-order valence-electron chi connectivity index (χ1n) is 12.6. The van der Waals surface area contributed by atoms with E-state index in [1.165, 1.54) is 13.2 Å². The number of nitrogens with zero attached hydrogens (tertiary/aromatic N) is 2. The first kappa shape index (κ1) is 25.6. The van der Waals surface area contributed by atoms with Crippen molar-refractivity contribution >= 4 is 17.3 Å². The highest BCUT2D eigenvalue weighted by atomic mass is 19.1. The van der Waals surface area contributed by atoms with Gasteiger partial charge in [-0.3, -0.25) is 9.69 Å². The lowest BCUT2D eigenvalue weighted by Gasteiger charge is -2.40. The summed E-state index contributed by atoms with van der Waals surface area (Å²) in [5.41, 5.74) is 4.69. The molecule has 2 N–H and O–H groups in total. The van der Waals surface area contributed by atoms with Crippen LogP contribution < -0.4 is 10.2 Å². The van der Waals surface area contributed by atoms with Gasteiger partial charge in [-0.05, 0) is 85.9 Å². The number of carbonyl (C=O) groups is 1. The fraction of sp³-hybridized carbons (Fsp3) is 0.536. The Bertz CT molecular complexity index is 1050. The molecular formula is C28H38FN3O3. The lowest BCUT2D eigenvalue weighted by molar-refractivity contribution is -0.187. The first-order chi connectivity index (χ1) is 16.7. The van der Waals surface area contributed by atoms with Crippen LogP contribution in [0, 0.1) is 31.0 Å². The molecule has 2 aromatic rings. The van der Waals surface area contributed by atoms with Gasteiger partial charge in [0.2, 0.25) is 12.3 Å². The zero-order valence-electron chi connectivity index (χ0n) is 21.3. The Balaban J connectivity index is 1.37. The molecular weight excluding hydrogens is 445 g/mol. The Morgan fingerprint density at radius 2 is 1.89 bits per heavy atom. The van der Waals surface area contributed by atoms with Crippen molar-refractivity contribution in [3.63, 3.8) is 0 Å². The molecule has 2 unspecified atom stereocenters. The van der Waals surface area contributed by atoms with Gasteiger partial charge >= 0.3 is 0 Å². The molecule has 7 heteroatoms. The number of rotatable bonds is 7. The molecule has 35 heavy (non-hydrogen) atoms. The van der Waals surface area contributed by atoms with Crippen LogP contribution >= 0.6 is 0 Å². The van der Waals surface area contributed by atoms with Crippen molar-refractivity contribution in [2.45, 2.75) is 52.9 Å². The van der Waals surface area contributed by atoms with E-state index in [0.29, 0.717) is 12.0 Å². The molecule has 0 radical (unpaired) electrons. The molecule has 0 bridgehead atoms. The highest BCUT2D eigenvalue weighted by molar-refractivity contribution is 5.93. The number of likely N-dealkylation sites (tertiary alicyclic amines) is 1. The first-order valence-corrected chi connectivity index (χ1v) is 12.6. The summed E-state index contributed by atoms with van der Waals surface area (Å²) in [6.07, 6.45) is 2.74. The third-order valence-electron chi connectivity index (χ3n) is 8.07. The van der Waals surface area contributed by atoms with Gasteiger partial charge in [-0.1, -0.05) is 19.1 Å². The normalized spacial score (nSPS) is 19.7. The van der Waals surface area contributed by atoms with Crippen LogP contribution in [0.15, 0.2) is 36.4 Å². The average molecular weight is 484 g/mol. The summed E-state index contributed by atoms with van der Waals surface area (Å²) in [6.45, 7) is 9.33. The van der Waals surface area contributed by atoms with Crippen LogP contribution in [-0.4, -0.2) is 55.6 Å². The second-order valence-electron chi connectivity index (χ2n) is 10.4. The van der Waals surface area contributed by atoms with Crippen molar-refractivity contribution in [2.24, 2.45) is 11.3 Å². The number of ether oxygens (including phenoxy) is 1. The van der Waals surface area contributed by atoms with Crippen molar-refractivity contribution < 1.29 is 19.0 Å². The SMILES string of the molecule is COC(O)N1CCC2(CCN(c3cccc(NC(=O)C(C)Cc4c(F)ccc(C)c4C)c3)C2)CC1. The maximum absolute atomic E-state index is 14.4. The van der Waals surface area contributed by atoms with E-state index in [9.17, 15) is 14.3 Å². The highest BCUT2D eigenvalue weighted by Gasteiger charge is 2.41. The van der Waals surface area contributed by atoms with Crippen LogP contribution in [-0.2, 0) is 16.0 Å². The van der Waals surface area contributed by atoms with Crippen LogP contribution in [0.3, 0.4) is 0 Å². The number of anilines is 2. The smallest absolute Gasteiger partial charge is 0.227 e. The number of nitrogens with one attached hydrogen (secondary N) is 1. The molecule has 1 amide bonds. The molecule has 2 aliphatic rings. The van der Waals surface area contributed by atoms with Gasteiger partial charge in [-0.2, -0.15) is 0 Å². The Kier molecular flexibility index (Phi) is 7.79. The minimum Gasteiger partial charge on any atom is -0.371 e. The number of halogens is 1. The van der Waals surface area contributed by atoms with Crippen molar-refractivity contribution in [3.05, 3.63) is 58.9 Å². The largest absolute Gasteiger partial charge is 0.371 e. The van der Waals surface area contributed by atoms with Crippen LogP contribution in [0.25, 0.3) is 0 Å². The van der Waals surface area contributed by atoms with Gasteiger partial charge in [-0.15, -0.1) is 0 Å². The summed E-state index contributed by atoms with van der Waals surface area (Å²) >= 11 is 0. The summed E-state index contributed by atoms with van der Waals surface area (Å²) in [6, 6.07) is 11.3. The molecule has 190 valence electrons. The van der Waals surface area contributed by atoms with Crippen LogP contribution in [0.1, 0.15) is 42.9 Å². The second-order valence-corrected chi connectivity index (χ2v) is 10.4. The van der Waals surface area contributed by atoms with E-state index in [1.54, 1.807) is 6.07 Å². The topological polar surface area (TPSA) is 65.0 Å². The van der Waals surface area contributed by atoms with Crippen molar-refractivity contribution in [1.29, 1.82) is 0 Å². The predicted octanol–water partition coefficient (Wildman–Crippen LogP) is 4.47. The third kappa shape index (κ3) is 5.68. The van der Waals surface area contributed by atoms with E-state index in [4.69, 9.17) is 4.74 Å². The minimum absolute atomic E-state index is 0.107. The standard InChI is InChI=1S/C28H38FN3O3/c1-19-8-9-25(29)24(21(19)3)16-20(2)26(33)30-22-6-5-7-23(17-22)32-15-12-28(18-32)10-13-31(14-11-28)27(34)35-4/h5-9,17,20,27,34H,10-16,18H2,1-4H3,(H,30,33). The van der Waals surface area contributed by atoms with Crippen LogP contribution in [0.4, 0.5) is 15.8 Å². The fourth-order valence-corrected chi connectivity index (χ4v) is 5.47. The molecule has 0 aliphatic carbocycles. The highest BCUT2D eigenvalue weighted by Crippen LogP contribution is 2.42. The maximum Gasteiger partial charge on any atom is 0.227 e. The predicted molar refractivity (Wildman–Crippen MR) is 137 cm³/mol. The number of methoxy groups -OCH3 is 1. The number of carbonyl (C=O) groups excluding carboxylic acids is 1. The number of piperidine rings is 1. The summed E-state index contributed by atoms with van der Waals surface area (Å²) in [7, 11) is 1.53. The molecule has 0 aromatic heterocycles. The number of aryl methyl sites for hydroxylation is 1. The summed E-state index contributed by atoms with van der Waals surface area (Å²) < 4.78 is 19.4. The van der Waals surface area contributed by atoms with Gasteiger partial charge in [0.15, 0.2) is 0 Å². The molecule has 6 nitrogen and oxygen atoms in total. The molecule has 2 aliphatic heterocycles. The minimum atomic E-state index is -0.820. The molecule has 2 atom stereocenters.